The zero-order valence-electron chi connectivity index (χ0n) is 65.8. The molecule has 0 bridgehead atoms. The predicted octanol–water partition coefficient (Wildman–Crippen LogP) is 24.0. The molecule has 0 aliphatic rings. The van der Waals surface area contributed by atoms with Crippen LogP contribution in [0.4, 0.5) is 0 Å². The summed E-state index contributed by atoms with van der Waals surface area (Å²) in [6.07, 6.45) is 57.0. The molecular formula is C81H158O17P2. The Morgan fingerprint density at radius 1 is 0.280 bits per heavy atom. The normalized spacial score (nSPS) is 14.6. The number of phosphoric ester groups is 2. The minimum Gasteiger partial charge on any atom is -0.462 e. The summed E-state index contributed by atoms with van der Waals surface area (Å²) in [5, 5.41) is 10.6. The van der Waals surface area contributed by atoms with Crippen LogP contribution in [0.1, 0.15) is 415 Å². The molecular weight excluding hydrogens is 1310 g/mol. The van der Waals surface area contributed by atoms with Crippen LogP contribution < -0.4 is 0 Å². The molecule has 0 spiro atoms. The van der Waals surface area contributed by atoms with E-state index in [9.17, 15) is 43.2 Å². The highest BCUT2D eigenvalue weighted by Crippen LogP contribution is 2.45. The van der Waals surface area contributed by atoms with Gasteiger partial charge < -0.3 is 33.8 Å². The van der Waals surface area contributed by atoms with Gasteiger partial charge in [-0.15, -0.1) is 0 Å². The van der Waals surface area contributed by atoms with Crippen molar-refractivity contribution < 1.29 is 80.2 Å². The van der Waals surface area contributed by atoms with Crippen molar-refractivity contribution in [2.75, 3.05) is 39.6 Å². The SMILES string of the molecule is CCC(C)CCCCCCCCCCCCCCCCCCCCC(=O)O[C@H](COC(=O)CCCCCCCCC(C)C)COP(=O)(O)OC[C@H](O)COP(=O)(O)OC[C@@H](COC(=O)CCCCCCCCCCCCC(C)CC)OC(=O)CCCCCCCCCCCCCCC(C)C. The molecule has 7 atom stereocenters. The fourth-order valence-electron chi connectivity index (χ4n) is 12.4. The van der Waals surface area contributed by atoms with Gasteiger partial charge in [0.15, 0.2) is 12.2 Å². The van der Waals surface area contributed by atoms with E-state index in [2.05, 4.69) is 55.4 Å². The Bertz CT molecular complexity index is 1960. The molecule has 0 aromatic rings. The van der Waals surface area contributed by atoms with Gasteiger partial charge in [0, 0.05) is 25.7 Å². The first kappa shape index (κ1) is 98.1. The molecule has 0 aliphatic heterocycles. The van der Waals surface area contributed by atoms with E-state index in [1.165, 1.54) is 212 Å². The Hall–Kier alpha value is -1.94. The highest BCUT2D eigenvalue weighted by atomic mass is 31.2. The number of ether oxygens (including phenoxy) is 4. The van der Waals surface area contributed by atoms with Gasteiger partial charge in [-0.3, -0.25) is 37.3 Å². The fourth-order valence-corrected chi connectivity index (χ4v) is 13.9. The standard InChI is InChI=1S/C81H158O17P2/c1-9-73(7)59-51-43-34-28-22-17-15-13-11-12-14-16-18-23-31-37-47-55-63-81(86)98-77(68-92-79(84)62-54-46-40-39-42-50-58-72(5)6)70-96-100(89,90)94-66-75(82)65-93-99(87,88)95-69-76(67-91-78(83)61-53-45-36-30-26-25-29-35-44-52-60-74(8)10-2)97-80(85)64-56-48-38-32-24-20-19-21-27-33-41-49-57-71(3)4/h71-77,82H,9-70H2,1-8H3,(H,87,88)(H,89,90)/t73?,74?,75-,76-,77-/m1/s1. The molecule has 0 rings (SSSR count). The smallest absolute Gasteiger partial charge is 0.462 e. The zero-order valence-corrected chi connectivity index (χ0v) is 67.6. The average molecular weight is 1470 g/mol. The molecule has 3 N–H and O–H groups in total. The van der Waals surface area contributed by atoms with E-state index in [1.807, 2.05) is 0 Å². The largest absolute Gasteiger partial charge is 0.472 e. The van der Waals surface area contributed by atoms with Crippen LogP contribution in [0.15, 0.2) is 0 Å². The van der Waals surface area contributed by atoms with Gasteiger partial charge in [-0.1, -0.05) is 364 Å². The number of rotatable bonds is 78. The summed E-state index contributed by atoms with van der Waals surface area (Å²) in [4.78, 5) is 73.0. The van der Waals surface area contributed by atoms with Gasteiger partial charge in [-0.05, 0) is 49.4 Å². The topological polar surface area (TPSA) is 237 Å². The number of aliphatic hydroxyl groups is 1. The Kier molecular flexibility index (Phi) is 68.7. The van der Waals surface area contributed by atoms with Crippen molar-refractivity contribution in [2.24, 2.45) is 23.7 Å². The van der Waals surface area contributed by atoms with Crippen LogP contribution in [0.5, 0.6) is 0 Å². The highest BCUT2D eigenvalue weighted by molar-refractivity contribution is 7.47. The van der Waals surface area contributed by atoms with Crippen molar-refractivity contribution in [3.05, 3.63) is 0 Å². The van der Waals surface area contributed by atoms with E-state index >= 15 is 0 Å². The second-order valence-corrected chi connectivity index (χ2v) is 33.5. The van der Waals surface area contributed by atoms with Gasteiger partial charge in [0.25, 0.3) is 0 Å². The van der Waals surface area contributed by atoms with Crippen molar-refractivity contribution in [1.82, 2.24) is 0 Å². The molecule has 17 nitrogen and oxygen atoms in total. The third kappa shape index (κ3) is 71.7. The second kappa shape index (κ2) is 70.1. The van der Waals surface area contributed by atoms with Gasteiger partial charge in [0.05, 0.1) is 26.4 Å². The predicted molar refractivity (Wildman–Crippen MR) is 409 cm³/mol. The molecule has 0 fully saturated rings. The Morgan fingerprint density at radius 2 is 0.480 bits per heavy atom. The summed E-state index contributed by atoms with van der Waals surface area (Å²) in [6.45, 7) is 14.3. The summed E-state index contributed by atoms with van der Waals surface area (Å²) in [5.74, 6) is 1.02. The molecule has 4 unspecified atom stereocenters. The van der Waals surface area contributed by atoms with Crippen LogP contribution in [0.3, 0.4) is 0 Å². The monoisotopic (exact) mass is 1470 g/mol. The first-order valence-electron chi connectivity index (χ1n) is 41.8. The summed E-state index contributed by atoms with van der Waals surface area (Å²) in [5.41, 5.74) is 0. The molecule has 0 radical (unpaired) electrons. The molecule has 0 amide bonds. The quantitative estimate of drug-likeness (QED) is 0.0222. The second-order valence-electron chi connectivity index (χ2n) is 30.6. The molecule has 594 valence electrons. The summed E-state index contributed by atoms with van der Waals surface area (Å²) in [7, 11) is -9.92. The van der Waals surface area contributed by atoms with Crippen molar-refractivity contribution >= 4 is 39.5 Å². The van der Waals surface area contributed by atoms with E-state index in [1.54, 1.807) is 0 Å². The number of aliphatic hydroxyl groups excluding tert-OH is 1. The maximum Gasteiger partial charge on any atom is 0.472 e. The minimum absolute atomic E-state index is 0.106. The van der Waals surface area contributed by atoms with E-state index in [0.717, 1.165) is 114 Å². The van der Waals surface area contributed by atoms with E-state index in [-0.39, 0.29) is 25.7 Å². The van der Waals surface area contributed by atoms with Crippen LogP contribution >= 0.6 is 15.6 Å². The molecule has 0 aromatic heterocycles. The first-order valence-corrected chi connectivity index (χ1v) is 44.8. The molecule has 0 saturated heterocycles. The lowest BCUT2D eigenvalue weighted by molar-refractivity contribution is -0.161. The van der Waals surface area contributed by atoms with Gasteiger partial charge in [0.2, 0.25) is 0 Å². The van der Waals surface area contributed by atoms with Crippen molar-refractivity contribution in [2.45, 2.75) is 433 Å². The molecule has 0 aliphatic carbocycles. The van der Waals surface area contributed by atoms with E-state index in [4.69, 9.17) is 37.0 Å². The van der Waals surface area contributed by atoms with Crippen LogP contribution in [0.25, 0.3) is 0 Å². The fraction of sp³-hybridized carbons (Fsp3) is 0.951. The average Bonchev–Trinajstić information content (AvgIpc) is 0.939. The molecule has 19 heteroatoms. The number of phosphoric acid groups is 2. The van der Waals surface area contributed by atoms with Gasteiger partial charge in [-0.25, -0.2) is 9.13 Å². The third-order valence-corrected chi connectivity index (χ3v) is 21.4. The number of unbranched alkanes of at least 4 members (excludes halogenated alkanes) is 42. The van der Waals surface area contributed by atoms with Crippen LogP contribution in [-0.2, 0) is 65.4 Å². The van der Waals surface area contributed by atoms with Crippen LogP contribution in [-0.4, -0.2) is 96.7 Å². The minimum atomic E-state index is -4.96. The third-order valence-electron chi connectivity index (χ3n) is 19.5. The number of carbonyl (C=O) groups excluding carboxylic acids is 4. The summed E-state index contributed by atoms with van der Waals surface area (Å²) in [6, 6.07) is 0. The van der Waals surface area contributed by atoms with Gasteiger partial charge >= 0.3 is 39.5 Å². The van der Waals surface area contributed by atoms with Crippen molar-refractivity contribution in [3.8, 4) is 0 Å². The number of hydrogen-bond donors (Lipinski definition) is 3. The molecule has 100 heavy (non-hydrogen) atoms. The van der Waals surface area contributed by atoms with E-state index in [0.29, 0.717) is 31.6 Å². The lowest BCUT2D eigenvalue weighted by atomic mass is 9.99. The van der Waals surface area contributed by atoms with E-state index < -0.39 is 97.5 Å². The Labute approximate surface area is 613 Å². The first-order chi connectivity index (χ1) is 48.2. The highest BCUT2D eigenvalue weighted by Gasteiger charge is 2.30. The van der Waals surface area contributed by atoms with Crippen molar-refractivity contribution in [1.29, 1.82) is 0 Å². The van der Waals surface area contributed by atoms with Crippen LogP contribution in [0, 0.1) is 23.7 Å². The summed E-state index contributed by atoms with van der Waals surface area (Å²) < 4.78 is 68.7. The molecule has 0 aromatic carbocycles. The lowest BCUT2D eigenvalue weighted by Gasteiger charge is -2.21. The number of esters is 4. The maximum atomic E-state index is 13.1. The van der Waals surface area contributed by atoms with Gasteiger partial charge in [0.1, 0.15) is 19.3 Å². The zero-order chi connectivity index (χ0) is 73.8. The number of carbonyl (C=O) groups is 4. The number of hydrogen-bond acceptors (Lipinski definition) is 15. The lowest BCUT2D eigenvalue weighted by Crippen LogP contribution is -2.30. The summed E-state index contributed by atoms with van der Waals surface area (Å²) >= 11 is 0. The van der Waals surface area contributed by atoms with Crippen molar-refractivity contribution in [3.63, 3.8) is 0 Å². The van der Waals surface area contributed by atoms with Crippen LogP contribution in [0.2, 0.25) is 0 Å². The van der Waals surface area contributed by atoms with Gasteiger partial charge in [-0.2, -0.15) is 0 Å². The molecule has 0 heterocycles. The maximum absolute atomic E-state index is 13.1. The Morgan fingerprint density at radius 3 is 0.710 bits per heavy atom. The molecule has 0 saturated carbocycles. The Balaban J connectivity index is 5.18.